The third kappa shape index (κ3) is 3.42. The van der Waals surface area contributed by atoms with Crippen LogP contribution in [0.2, 0.25) is 0 Å². The van der Waals surface area contributed by atoms with E-state index in [2.05, 4.69) is 27.7 Å². The van der Waals surface area contributed by atoms with E-state index in [1.165, 1.54) is 38.7 Å². The highest BCUT2D eigenvalue weighted by atomic mass is 16.6. The molecule has 6 heteroatoms. The Kier molecular flexibility index (Phi) is 5.34. The molecule has 0 amide bonds. The van der Waals surface area contributed by atoms with Gasteiger partial charge >= 0.3 is 11.9 Å². The van der Waals surface area contributed by atoms with E-state index >= 15 is 0 Å². The summed E-state index contributed by atoms with van der Waals surface area (Å²) in [5.41, 5.74) is 0.648. The van der Waals surface area contributed by atoms with Crippen molar-refractivity contribution in [2.75, 3.05) is 6.61 Å². The van der Waals surface area contributed by atoms with Crippen molar-refractivity contribution in [3.05, 3.63) is 11.6 Å². The van der Waals surface area contributed by atoms with Crippen LogP contribution in [-0.4, -0.2) is 41.6 Å². The van der Waals surface area contributed by atoms with E-state index < -0.39 is 24.0 Å². The van der Waals surface area contributed by atoms with Crippen LogP contribution in [0.15, 0.2) is 11.6 Å². The number of esters is 2. The maximum Gasteiger partial charge on any atom is 0.333 e. The molecule has 2 heterocycles. The Morgan fingerprint density at radius 2 is 1.76 bits per heavy atom. The van der Waals surface area contributed by atoms with Crippen molar-refractivity contribution in [1.82, 2.24) is 0 Å². The lowest BCUT2D eigenvalue weighted by Crippen LogP contribution is -2.63. The summed E-state index contributed by atoms with van der Waals surface area (Å²) in [6.45, 7) is 11.6. The predicted molar refractivity (Wildman–Crippen MR) is 122 cm³/mol. The maximum absolute atomic E-state index is 11.8. The minimum Gasteiger partial charge on any atom is -0.463 e. The Labute approximate surface area is 197 Å². The minimum absolute atomic E-state index is 0.0564. The van der Waals surface area contributed by atoms with Crippen LogP contribution in [0.3, 0.4) is 0 Å². The number of cyclic esters (lactones) is 1. The SMILES string of the molecule is CC(=O)OC[C@]12CC[C@H]3[C@@](C)(CC[C@H]4C(C)(C)CCC[C@]34C)[C@@H]1C[C@H](C1=CC(=O)O[C@H]1O)O2. The van der Waals surface area contributed by atoms with Crippen LogP contribution >= 0.6 is 0 Å². The number of hydrogen-bond donors (Lipinski definition) is 1. The summed E-state index contributed by atoms with van der Waals surface area (Å²) in [6.07, 6.45) is 8.59. The number of carbonyl (C=O) groups excluding carboxylic acids is 2. The Morgan fingerprint density at radius 3 is 2.42 bits per heavy atom. The molecular formula is C27H40O6. The van der Waals surface area contributed by atoms with Crippen molar-refractivity contribution in [2.24, 2.45) is 34.0 Å². The summed E-state index contributed by atoms with van der Waals surface area (Å²) in [4.78, 5) is 23.6. The van der Waals surface area contributed by atoms with Gasteiger partial charge in [0.1, 0.15) is 12.2 Å². The normalized spacial score (nSPS) is 48.2. The zero-order valence-corrected chi connectivity index (χ0v) is 20.8. The van der Waals surface area contributed by atoms with Crippen LogP contribution in [0.1, 0.15) is 86.0 Å². The first kappa shape index (κ1) is 23.3. The third-order valence-electron chi connectivity index (χ3n) is 10.6. The monoisotopic (exact) mass is 460 g/mol. The molecule has 0 unspecified atom stereocenters. The number of carbonyl (C=O) groups is 2. The number of aliphatic hydroxyl groups is 1. The van der Waals surface area contributed by atoms with Gasteiger partial charge in [-0.05, 0) is 78.9 Å². The second-order valence-corrected chi connectivity index (χ2v) is 12.7. The minimum atomic E-state index is -1.25. The average molecular weight is 461 g/mol. The topological polar surface area (TPSA) is 82.1 Å². The molecule has 0 aromatic rings. The van der Waals surface area contributed by atoms with Gasteiger partial charge in [-0.25, -0.2) is 4.79 Å². The zero-order chi connectivity index (χ0) is 23.8. The number of hydrogen-bond acceptors (Lipinski definition) is 6. The van der Waals surface area contributed by atoms with Gasteiger partial charge in [0.2, 0.25) is 6.29 Å². The van der Waals surface area contributed by atoms with Crippen molar-refractivity contribution < 1.29 is 28.9 Å². The molecule has 0 spiro atoms. The molecule has 0 bridgehead atoms. The smallest absolute Gasteiger partial charge is 0.333 e. The highest BCUT2D eigenvalue weighted by Gasteiger charge is 2.68. The number of ether oxygens (including phenoxy) is 3. The quantitative estimate of drug-likeness (QED) is 0.623. The van der Waals surface area contributed by atoms with Crippen molar-refractivity contribution in [3.63, 3.8) is 0 Å². The second-order valence-electron chi connectivity index (χ2n) is 12.7. The molecule has 1 saturated heterocycles. The lowest BCUT2D eigenvalue weighted by atomic mass is 9.38. The molecule has 3 saturated carbocycles. The van der Waals surface area contributed by atoms with Gasteiger partial charge in [0.25, 0.3) is 0 Å². The zero-order valence-electron chi connectivity index (χ0n) is 20.8. The van der Waals surface area contributed by atoms with Gasteiger partial charge < -0.3 is 19.3 Å². The summed E-state index contributed by atoms with van der Waals surface area (Å²) in [6, 6.07) is 0. The molecule has 33 heavy (non-hydrogen) atoms. The third-order valence-corrected chi connectivity index (χ3v) is 10.6. The van der Waals surface area contributed by atoms with Crippen molar-refractivity contribution in [1.29, 1.82) is 0 Å². The molecule has 0 aromatic carbocycles. The fourth-order valence-corrected chi connectivity index (χ4v) is 9.40. The summed E-state index contributed by atoms with van der Waals surface area (Å²) in [7, 11) is 0. The summed E-state index contributed by atoms with van der Waals surface area (Å²) in [5, 5.41) is 10.3. The van der Waals surface area contributed by atoms with Crippen LogP contribution in [0.25, 0.3) is 0 Å². The molecule has 2 aliphatic heterocycles. The van der Waals surface area contributed by atoms with Gasteiger partial charge in [-0.3, -0.25) is 4.79 Å². The molecule has 0 aromatic heterocycles. The second kappa shape index (κ2) is 7.55. The molecule has 184 valence electrons. The average Bonchev–Trinajstić information content (AvgIpc) is 3.26. The largest absolute Gasteiger partial charge is 0.463 e. The van der Waals surface area contributed by atoms with Gasteiger partial charge in [0, 0.05) is 18.6 Å². The van der Waals surface area contributed by atoms with Crippen molar-refractivity contribution >= 4 is 11.9 Å². The summed E-state index contributed by atoms with van der Waals surface area (Å²) in [5.74, 6) is 0.680. The Morgan fingerprint density at radius 1 is 1.06 bits per heavy atom. The highest BCUT2D eigenvalue weighted by Crippen LogP contribution is 2.71. The molecule has 6 nitrogen and oxygen atoms in total. The predicted octanol–water partition coefficient (Wildman–Crippen LogP) is 4.54. The van der Waals surface area contributed by atoms with Crippen molar-refractivity contribution in [3.8, 4) is 0 Å². The van der Waals surface area contributed by atoms with Crippen LogP contribution in [0.5, 0.6) is 0 Å². The van der Waals surface area contributed by atoms with E-state index in [0.29, 0.717) is 22.3 Å². The molecule has 4 fully saturated rings. The van der Waals surface area contributed by atoms with E-state index in [1.54, 1.807) is 0 Å². The van der Waals surface area contributed by atoms with Gasteiger partial charge in [0.05, 0.1) is 6.10 Å². The Bertz CT molecular complexity index is 878. The van der Waals surface area contributed by atoms with E-state index in [0.717, 1.165) is 31.6 Å². The molecule has 1 N–H and O–H groups in total. The Hall–Kier alpha value is -1.40. The first-order valence-electron chi connectivity index (χ1n) is 12.8. The molecule has 5 rings (SSSR count). The van der Waals surface area contributed by atoms with Crippen LogP contribution in [0.4, 0.5) is 0 Å². The number of fused-ring (bicyclic) bond motifs is 5. The highest BCUT2D eigenvalue weighted by molar-refractivity contribution is 5.85. The molecule has 3 aliphatic carbocycles. The fraction of sp³-hybridized carbons (Fsp3) is 0.852. The molecular weight excluding hydrogens is 420 g/mol. The fourth-order valence-electron chi connectivity index (χ4n) is 9.40. The van der Waals surface area contributed by atoms with Crippen LogP contribution in [0, 0.1) is 34.0 Å². The van der Waals surface area contributed by atoms with E-state index in [4.69, 9.17) is 14.2 Å². The van der Waals surface area contributed by atoms with Gasteiger partial charge in [-0.1, -0.05) is 34.1 Å². The van der Waals surface area contributed by atoms with Crippen molar-refractivity contribution in [2.45, 2.75) is 104 Å². The maximum atomic E-state index is 11.8. The Balaban J connectivity index is 1.51. The van der Waals surface area contributed by atoms with Gasteiger partial charge in [0.15, 0.2) is 0 Å². The molecule has 8 atom stereocenters. The van der Waals surface area contributed by atoms with E-state index in [-0.39, 0.29) is 23.9 Å². The van der Waals surface area contributed by atoms with Gasteiger partial charge in [-0.2, -0.15) is 0 Å². The van der Waals surface area contributed by atoms with Crippen LogP contribution < -0.4 is 0 Å². The summed E-state index contributed by atoms with van der Waals surface area (Å²) < 4.78 is 17.3. The van der Waals surface area contributed by atoms with Gasteiger partial charge in [-0.15, -0.1) is 0 Å². The van der Waals surface area contributed by atoms with E-state index in [1.807, 2.05) is 0 Å². The number of rotatable bonds is 3. The molecule has 0 radical (unpaired) electrons. The van der Waals surface area contributed by atoms with Crippen LogP contribution in [-0.2, 0) is 23.8 Å². The standard InChI is InChI=1S/C27H40O6/c1-16(28)31-15-27-12-8-20-25(4)10-6-9-24(2,3)19(25)7-11-26(20,5)21(27)14-18(33-27)17-13-22(29)32-23(17)30/h13,18-21,23,30H,6-12,14-15H2,1-5H3/t18-,19+,20-,21+,23-,25+,26-,27-/m1/s1. The first-order chi connectivity index (χ1) is 15.4. The van der Waals surface area contributed by atoms with E-state index in [9.17, 15) is 14.7 Å². The summed E-state index contributed by atoms with van der Waals surface area (Å²) >= 11 is 0. The first-order valence-corrected chi connectivity index (χ1v) is 12.8. The number of aliphatic hydroxyl groups excluding tert-OH is 1. The lowest BCUT2D eigenvalue weighted by Gasteiger charge is -2.67. The molecule has 5 aliphatic rings. The lowest BCUT2D eigenvalue weighted by molar-refractivity contribution is -0.216.